The number of H-pyrrole nitrogens is 1. The molecular weight excluding hydrogens is 421 g/mol. The molecule has 1 aromatic carbocycles. The maximum atomic E-state index is 13.3. The molecule has 9 heteroatoms. The minimum Gasteiger partial charge on any atom is -0.478 e. The molecule has 2 aromatic heterocycles. The van der Waals surface area contributed by atoms with Crippen molar-refractivity contribution < 1.29 is 17.9 Å². The lowest BCUT2D eigenvalue weighted by molar-refractivity contribution is -0.137. The van der Waals surface area contributed by atoms with Crippen LogP contribution in [0.5, 0.6) is 5.88 Å². The van der Waals surface area contributed by atoms with Crippen molar-refractivity contribution in [2.75, 3.05) is 44.2 Å². The Morgan fingerprint density at radius 3 is 2.50 bits per heavy atom. The van der Waals surface area contributed by atoms with Crippen molar-refractivity contribution in [3.05, 3.63) is 64.4 Å². The summed E-state index contributed by atoms with van der Waals surface area (Å²) in [5.41, 5.74) is -0.0154. The highest BCUT2D eigenvalue weighted by atomic mass is 19.4. The Morgan fingerprint density at radius 1 is 0.969 bits per heavy atom. The summed E-state index contributed by atoms with van der Waals surface area (Å²) in [6, 6.07) is 12.6. The fraction of sp³-hybridized carbons (Fsp3) is 0.391. The standard InChI is InChI=1S/C23H25F3N4O2/c24-23(25,26)18-5-1-2-6-19(18)30-14-12-29(13-15-30)11-3-4-16-32-21-10-8-17-7-9-20(31)27-22(17)28-21/h1-2,5-10H,3-4,11-16H2,(H,27,28,31). The monoisotopic (exact) mass is 446 g/mol. The lowest BCUT2D eigenvalue weighted by Gasteiger charge is -2.37. The molecule has 0 spiro atoms. The van der Waals surface area contributed by atoms with Gasteiger partial charge in [-0.3, -0.25) is 9.69 Å². The number of alkyl halides is 3. The molecule has 170 valence electrons. The third-order valence-corrected chi connectivity index (χ3v) is 5.60. The van der Waals surface area contributed by atoms with E-state index in [1.165, 1.54) is 12.1 Å². The zero-order chi connectivity index (χ0) is 22.6. The van der Waals surface area contributed by atoms with E-state index in [9.17, 15) is 18.0 Å². The first-order valence-corrected chi connectivity index (χ1v) is 10.7. The molecule has 3 heterocycles. The third kappa shape index (κ3) is 5.40. The molecule has 0 saturated carbocycles. The maximum absolute atomic E-state index is 13.3. The number of benzene rings is 1. The number of unbranched alkanes of at least 4 members (excludes halogenated alkanes) is 1. The molecule has 32 heavy (non-hydrogen) atoms. The van der Waals surface area contributed by atoms with Crippen molar-refractivity contribution in [2.45, 2.75) is 19.0 Å². The van der Waals surface area contributed by atoms with Gasteiger partial charge in [0, 0.05) is 49.4 Å². The molecule has 0 bridgehead atoms. The molecule has 0 amide bonds. The summed E-state index contributed by atoms with van der Waals surface area (Å²) in [5, 5.41) is 0.842. The zero-order valence-electron chi connectivity index (χ0n) is 17.6. The molecule has 3 aromatic rings. The van der Waals surface area contributed by atoms with Crippen LogP contribution in [-0.2, 0) is 6.18 Å². The predicted molar refractivity (Wildman–Crippen MR) is 117 cm³/mol. The van der Waals surface area contributed by atoms with Gasteiger partial charge >= 0.3 is 6.18 Å². The van der Waals surface area contributed by atoms with Crippen LogP contribution in [0.3, 0.4) is 0 Å². The van der Waals surface area contributed by atoms with Crippen molar-refractivity contribution >= 4 is 16.7 Å². The van der Waals surface area contributed by atoms with Crippen LogP contribution in [0.2, 0.25) is 0 Å². The number of aromatic amines is 1. The Bertz CT molecular complexity index is 1110. The van der Waals surface area contributed by atoms with Crippen molar-refractivity contribution in [3.63, 3.8) is 0 Å². The molecule has 1 fully saturated rings. The van der Waals surface area contributed by atoms with Crippen LogP contribution in [0, 0.1) is 0 Å². The van der Waals surface area contributed by atoms with Gasteiger partial charge in [-0.05, 0) is 43.7 Å². The molecular formula is C23H25F3N4O2. The van der Waals surface area contributed by atoms with Crippen LogP contribution in [-0.4, -0.2) is 54.2 Å². The molecule has 0 radical (unpaired) electrons. The van der Waals surface area contributed by atoms with Gasteiger partial charge in [-0.15, -0.1) is 0 Å². The highest BCUT2D eigenvalue weighted by Gasteiger charge is 2.35. The largest absolute Gasteiger partial charge is 0.478 e. The second-order valence-corrected chi connectivity index (χ2v) is 7.81. The molecule has 4 rings (SSSR count). The van der Waals surface area contributed by atoms with Gasteiger partial charge in [-0.2, -0.15) is 18.2 Å². The molecule has 6 nitrogen and oxygen atoms in total. The Kier molecular flexibility index (Phi) is 6.64. The third-order valence-electron chi connectivity index (χ3n) is 5.60. The van der Waals surface area contributed by atoms with Crippen LogP contribution in [0.1, 0.15) is 18.4 Å². The van der Waals surface area contributed by atoms with Gasteiger partial charge in [0.05, 0.1) is 12.2 Å². The van der Waals surface area contributed by atoms with Crippen LogP contribution in [0.25, 0.3) is 11.0 Å². The number of piperazine rings is 1. The second-order valence-electron chi connectivity index (χ2n) is 7.81. The van der Waals surface area contributed by atoms with E-state index < -0.39 is 11.7 Å². The maximum Gasteiger partial charge on any atom is 0.418 e. The van der Waals surface area contributed by atoms with Gasteiger partial charge in [0.1, 0.15) is 5.65 Å². The highest BCUT2D eigenvalue weighted by Crippen LogP contribution is 2.36. The average Bonchev–Trinajstić information content (AvgIpc) is 2.78. The number of halogens is 3. The number of hydrogen-bond donors (Lipinski definition) is 1. The quantitative estimate of drug-likeness (QED) is 0.558. The fourth-order valence-electron chi connectivity index (χ4n) is 3.91. The van der Waals surface area contributed by atoms with Crippen molar-refractivity contribution in [3.8, 4) is 5.88 Å². The van der Waals surface area contributed by atoms with Gasteiger partial charge in [0.15, 0.2) is 0 Å². The van der Waals surface area contributed by atoms with E-state index in [1.54, 1.807) is 24.3 Å². The van der Waals surface area contributed by atoms with Crippen molar-refractivity contribution in [1.29, 1.82) is 0 Å². The molecule has 0 unspecified atom stereocenters. The molecule has 0 atom stereocenters. The number of nitrogens with zero attached hydrogens (tertiary/aromatic N) is 3. The Labute approximate surface area is 183 Å². The van der Waals surface area contributed by atoms with E-state index in [0.29, 0.717) is 31.2 Å². The minimum absolute atomic E-state index is 0.204. The summed E-state index contributed by atoms with van der Waals surface area (Å²) in [6.45, 7) is 3.98. The van der Waals surface area contributed by atoms with Gasteiger partial charge in [0.25, 0.3) is 0 Å². The number of anilines is 1. The number of ether oxygens (including phenoxy) is 1. The van der Waals surface area contributed by atoms with E-state index in [2.05, 4.69) is 14.9 Å². The SMILES string of the molecule is O=c1ccc2ccc(OCCCCN3CCN(c4ccccc4C(F)(F)F)CC3)nc2[nH]1. The zero-order valence-corrected chi connectivity index (χ0v) is 17.6. The number of fused-ring (bicyclic) bond motifs is 1. The molecule has 1 N–H and O–H groups in total. The first-order chi connectivity index (χ1) is 15.4. The average molecular weight is 446 g/mol. The lowest BCUT2D eigenvalue weighted by atomic mass is 10.1. The van der Waals surface area contributed by atoms with E-state index >= 15 is 0 Å². The van der Waals surface area contributed by atoms with E-state index in [-0.39, 0.29) is 11.2 Å². The summed E-state index contributed by atoms with van der Waals surface area (Å²) >= 11 is 0. The van der Waals surface area contributed by atoms with Crippen molar-refractivity contribution in [2.24, 2.45) is 0 Å². The number of aromatic nitrogens is 2. The molecule has 1 aliphatic rings. The summed E-state index contributed by atoms with van der Waals surface area (Å²) in [7, 11) is 0. The molecule has 0 aliphatic carbocycles. The van der Waals surface area contributed by atoms with Crippen LogP contribution in [0.15, 0.2) is 53.3 Å². The normalized spacial score (nSPS) is 15.3. The van der Waals surface area contributed by atoms with Crippen LogP contribution in [0.4, 0.5) is 18.9 Å². The number of para-hydroxylation sites is 1. The van der Waals surface area contributed by atoms with Gasteiger partial charge in [-0.25, -0.2) is 0 Å². The van der Waals surface area contributed by atoms with Gasteiger partial charge < -0.3 is 14.6 Å². The number of nitrogens with one attached hydrogen (secondary N) is 1. The van der Waals surface area contributed by atoms with E-state index in [1.807, 2.05) is 11.0 Å². The summed E-state index contributed by atoms with van der Waals surface area (Å²) in [6.07, 6.45) is -2.59. The van der Waals surface area contributed by atoms with Crippen LogP contribution >= 0.6 is 0 Å². The molecule has 1 saturated heterocycles. The van der Waals surface area contributed by atoms with Gasteiger partial charge in [0.2, 0.25) is 11.4 Å². The van der Waals surface area contributed by atoms with Gasteiger partial charge in [-0.1, -0.05) is 12.1 Å². The number of pyridine rings is 2. The topological polar surface area (TPSA) is 61.5 Å². The predicted octanol–water partition coefficient (Wildman–Crippen LogP) is 3.92. The second kappa shape index (κ2) is 9.60. The smallest absolute Gasteiger partial charge is 0.418 e. The summed E-state index contributed by atoms with van der Waals surface area (Å²) < 4.78 is 45.5. The Morgan fingerprint density at radius 2 is 1.72 bits per heavy atom. The first kappa shape index (κ1) is 22.1. The van der Waals surface area contributed by atoms with E-state index in [0.717, 1.165) is 43.9 Å². The van der Waals surface area contributed by atoms with E-state index in [4.69, 9.17) is 4.74 Å². The summed E-state index contributed by atoms with van der Waals surface area (Å²) in [5.74, 6) is 0.469. The molecule has 1 aliphatic heterocycles. The van der Waals surface area contributed by atoms with Crippen LogP contribution < -0.4 is 15.2 Å². The number of rotatable bonds is 7. The number of hydrogen-bond acceptors (Lipinski definition) is 5. The summed E-state index contributed by atoms with van der Waals surface area (Å²) in [4.78, 5) is 22.5. The minimum atomic E-state index is -4.34. The highest BCUT2D eigenvalue weighted by molar-refractivity contribution is 5.74. The fourth-order valence-corrected chi connectivity index (χ4v) is 3.91. The first-order valence-electron chi connectivity index (χ1n) is 10.7. The Balaban J connectivity index is 1.20. The Hall–Kier alpha value is -3.07. The van der Waals surface area contributed by atoms with Crippen molar-refractivity contribution in [1.82, 2.24) is 14.9 Å². The lowest BCUT2D eigenvalue weighted by Crippen LogP contribution is -2.47.